The standard InChI is InChI=1S/C27H26ClN3O2S/c1-18-8-13-23(19(2)16-18)30-26(33)24-17-25(32)31(15-14-20-9-11-21(28)12-10-20)27(34-24)29-22-6-4-3-5-7-22/h3-13,16,24H,14-15,17H2,1-2H3,(H,30,33). The molecule has 5 nitrogen and oxygen atoms in total. The third-order valence-corrected chi connectivity index (χ3v) is 7.03. The Morgan fingerprint density at radius 3 is 2.53 bits per heavy atom. The molecule has 0 aliphatic carbocycles. The maximum atomic E-state index is 13.2. The highest BCUT2D eigenvalue weighted by molar-refractivity contribution is 8.15. The Kier molecular flexibility index (Phi) is 7.70. The van der Waals surface area contributed by atoms with Gasteiger partial charge in [0.25, 0.3) is 0 Å². The van der Waals surface area contributed by atoms with Crippen LogP contribution >= 0.6 is 23.4 Å². The second kappa shape index (κ2) is 10.9. The zero-order valence-corrected chi connectivity index (χ0v) is 20.7. The van der Waals surface area contributed by atoms with Crippen molar-refractivity contribution < 1.29 is 9.59 Å². The van der Waals surface area contributed by atoms with Gasteiger partial charge in [-0.1, -0.05) is 71.4 Å². The number of amides is 2. The van der Waals surface area contributed by atoms with Crippen molar-refractivity contribution in [3.05, 3.63) is 94.5 Å². The van der Waals surface area contributed by atoms with Crippen LogP contribution in [0.4, 0.5) is 11.4 Å². The van der Waals surface area contributed by atoms with Crippen LogP contribution in [0.25, 0.3) is 0 Å². The highest BCUT2D eigenvalue weighted by atomic mass is 35.5. The SMILES string of the molecule is Cc1ccc(NC(=O)C2CC(=O)N(CCc3ccc(Cl)cc3)C(=Nc3ccccc3)S2)c(C)c1. The molecular weight excluding hydrogens is 466 g/mol. The normalized spacial score (nSPS) is 17.1. The lowest BCUT2D eigenvalue weighted by atomic mass is 10.1. The minimum atomic E-state index is -0.553. The van der Waals surface area contributed by atoms with Crippen molar-refractivity contribution >= 4 is 51.7 Å². The van der Waals surface area contributed by atoms with Gasteiger partial charge >= 0.3 is 0 Å². The number of aryl methyl sites for hydroxylation is 2. The minimum absolute atomic E-state index is 0.108. The van der Waals surface area contributed by atoms with Crippen LogP contribution in [0.5, 0.6) is 0 Å². The molecule has 0 spiro atoms. The van der Waals surface area contributed by atoms with E-state index in [1.165, 1.54) is 11.8 Å². The molecule has 0 aromatic heterocycles. The number of anilines is 1. The Morgan fingerprint density at radius 2 is 1.82 bits per heavy atom. The Balaban J connectivity index is 1.54. The predicted octanol–water partition coefficient (Wildman–Crippen LogP) is 6.16. The van der Waals surface area contributed by atoms with E-state index in [9.17, 15) is 9.59 Å². The lowest BCUT2D eigenvalue weighted by Gasteiger charge is -2.32. The number of para-hydroxylation sites is 1. The second-order valence-electron chi connectivity index (χ2n) is 8.27. The smallest absolute Gasteiger partial charge is 0.238 e. The first-order valence-corrected chi connectivity index (χ1v) is 12.4. The third-order valence-electron chi connectivity index (χ3n) is 5.59. The number of benzene rings is 3. The Bertz CT molecular complexity index is 1210. The molecule has 1 N–H and O–H groups in total. The van der Waals surface area contributed by atoms with Crippen molar-refractivity contribution in [1.29, 1.82) is 0 Å². The first-order chi connectivity index (χ1) is 16.4. The van der Waals surface area contributed by atoms with Gasteiger partial charge in [0.2, 0.25) is 11.8 Å². The van der Waals surface area contributed by atoms with Crippen LogP contribution in [-0.2, 0) is 16.0 Å². The van der Waals surface area contributed by atoms with Gasteiger partial charge in [0, 0.05) is 23.7 Å². The van der Waals surface area contributed by atoms with Crippen molar-refractivity contribution in [2.45, 2.75) is 31.9 Å². The molecule has 3 aromatic rings. The van der Waals surface area contributed by atoms with Crippen LogP contribution in [0.1, 0.15) is 23.1 Å². The zero-order chi connectivity index (χ0) is 24.1. The third kappa shape index (κ3) is 6.07. The fourth-order valence-corrected chi connectivity index (χ4v) is 4.98. The summed E-state index contributed by atoms with van der Waals surface area (Å²) < 4.78 is 0. The molecule has 1 saturated heterocycles. The molecule has 34 heavy (non-hydrogen) atoms. The molecule has 0 saturated carbocycles. The first-order valence-electron chi connectivity index (χ1n) is 11.1. The number of amidine groups is 1. The predicted molar refractivity (Wildman–Crippen MR) is 141 cm³/mol. The molecule has 1 aliphatic rings. The molecule has 0 bridgehead atoms. The maximum Gasteiger partial charge on any atom is 0.238 e. The number of carbonyl (C=O) groups is 2. The van der Waals surface area contributed by atoms with E-state index in [1.807, 2.05) is 86.6 Å². The van der Waals surface area contributed by atoms with Gasteiger partial charge in [0.1, 0.15) is 5.25 Å². The van der Waals surface area contributed by atoms with E-state index in [2.05, 4.69) is 5.32 Å². The molecule has 2 amide bonds. The monoisotopic (exact) mass is 491 g/mol. The number of carbonyl (C=O) groups excluding carboxylic acids is 2. The summed E-state index contributed by atoms with van der Waals surface area (Å²) in [5.41, 5.74) is 4.70. The van der Waals surface area contributed by atoms with Crippen LogP contribution in [0.3, 0.4) is 0 Å². The topological polar surface area (TPSA) is 61.8 Å². The summed E-state index contributed by atoms with van der Waals surface area (Å²) >= 11 is 7.33. The van der Waals surface area contributed by atoms with Crippen LogP contribution in [0, 0.1) is 13.8 Å². The molecule has 0 radical (unpaired) electrons. The average molecular weight is 492 g/mol. The van der Waals surface area contributed by atoms with Gasteiger partial charge < -0.3 is 5.32 Å². The van der Waals surface area contributed by atoms with E-state index in [0.29, 0.717) is 23.2 Å². The van der Waals surface area contributed by atoms with Gasteiger partial charge in [0.15, 0.2) is 5.17 Å². The van der Waals surface area contributed by atoms with E-state index >= 15 is 0 Å². The molecular formula is C27H26ClN3O2S. The maximum absolute atomic E-state index is 13.2. The largest absolute Gasteiger partial charge is 0.325 e. The van der Waals surface area contributed by atoms with Crippen LogP contribution in [0.15, 0.2) is 77.8 Å². The minimum Gasteiger partial charge on any atom is -0.325 e. The molecule has 3 aromatic carbocycles. The number of aliphatic imine (C=N–C) groups is 1. The number of halogens is 1. The van der Waals surface area contributed by atoms with Crippen molar-refractivity contribution in [3.8, 4) is 0 Å². The van der Waals surface area contributed by atoms with Crippen molar-refractivity contribution in [2.75, 3.05) is 11.9 Å². The Hall–Kier alpha value is -3.09. The number of hydrogen-bond acceptors (Lipinski definition) is 4. The summed E-state index contributed by atoms with van der Waals surface area (Å²) in [6.07, 6.45) is 0.784. The highest BCUT2D eigenvalue weighted by Gasteiger charge is 2.35. The summed E-state index contributed by atoms with van der Waals surface area (Å²) in [5.74, 6) is -0.299. The zero-order valence-electron chi connectivity index (χ0n) is 19.1. The Labute approximate surface area is 209 Å². The van der Waals surface area contributed by atoms with Gasteiger partial charge in [-0.3, -0.25) is 14.5 Å². The number of hydrogen-bond donors (Lipinski definition) is 1. The van der Waals surface area contributed by atoms with E-state index in [4.69, 9.17) is 16.6 Å². The summed E-state index contributed by atoms with van der Waals surface area (Å²) in [4.78, 5) is 32.7. The average Bonchev–Trinajstić information content (AvgIpc) is 2.82. The summed E-state index contributed by atoms with van der Waals surface area (Å²) in [6.45, 7) is 4.45. The summed E-state index contributed by atoms with van der Waals surface area (Å²) in [7, 11) is 0. The van der Waals surface area contributed by atoms with E-state index in [0.717, 1.165) is 28.1 Å². The molecule has 1 unspecified atom stereocenters. The lowest BCUT2D eigenvalue weighted by molar-refractivity contribution is -0.129. The number of nitrogens with zero attached hydrogens (tertiary/aromatic N) is 2. The van der Waals surface area contributed by atoms with E-state index in [1.54, 1.807) is 4.90 Å². The molecule has 1 atom stereocenters. The van der Waals surface area contributed by atoms with Gasteiger partial charge in [-0.15, -0.1) is 0 Å². The van der Waals surface area contributed by atoms with Gasteiger partial charge in [-0.2, -0.15) is 0 Å². The van der Waals surface area contributed by atoms with E-state index in [-0.39, 0.29) is 18.2 Å². The van der Waals surface area contributed by atoms with Crippen LogP contribution in [0.2, 0.25) is 5.02 Å². The number of thioether (sulfide) groups is 1. The van der Waals surface area contributed by atoms with Crippen LogP contribution < -0.4 is 5.32 Å². The molecule has 1 heterocycles. The molecule has 1 fully saturated rings. The fraction of sp³-hybridized carbons (Fsp3) is 0.222. The van der Waals surface area contributed by atoms with E-state index < -0.39 is 5.25 Å². The molecule has 7 heteroatoms. The molecule has 174 valence electrons. The van der Waals surface area contributed by atoms with Crippen molar-refractivity contribution in [1.82, 2.24) is 4.90 Å². The Morgan fingerprint density at radius 1 is 1.09 bits per heavy atom. The van der Waals surface area contributed by atoms with Crippen LogP contribution in [-0.4, -0.2) is 33.7 Å². The molecule has 1 aliphatic heterocycles. The number of nitrogens with one attached hydrogen (secondary N) is 1. The van der Waals surface area contributed by atoms with Gasteiger partial charge in [-0.25, -0.2) is 4.99 Å². The van der Waals surface area contributed by atoms with Crippen molar-refractivity contribution in [2.24, 2.45) is 4.99 Å². The number of rotatable bonds is 6. The van der Waals surface area contributed by atoms with Gasteiger partial charge in [-0.05, 0) is 61.7 Å². The summed E-state index contributed by atoms with van der Waals surface area (Å²) in [6, 6.07) is 23.0. The second-order valence-corrected chi connectivity index (χ2v) is 9.88. The van der Waals surface area contributed by atoms with Gasteiger partial charge in [0.05, 0.1) is 5.69 Å². The lowest BCUT2D eigenvalue weighted by Crippen LogP contribution is -2.46. The fourth-order valence-electron chi connectivity index (χ4n) is 3.73. The quantitative estimate of drug-likeness (QED) is 0.449. The van der Waals surface area contributed by atoms with Crippen molar-refractivity contribution in [3.63, 3.8) is 0 Å². The highest BCUT2D eigenvalue weighted by Crippen LogP contribution is 2.30. The first kappa shape index (κ1) is 24.0. The molecule has 4 rings (SSSR count). The summed E-state index contributed by atoms with van der Waals surface area (Å²) in [5, 5.41) is 3.66.